The number of carbonyl (C=O) groups excluding carboxylic acids is 2. The zero-order valence-corrected chi connectivity index (χ0v) is 13.3. The van der Waals surface area contributed by atoms with Crippen molar-refractivity contribution in [3.63, 3.8) is 0 Å². The summed E-state index contributed by atoms with van der Waals surface area (Å²) in [4.78, 5) is 31.3. The lowest BCUT2D eigenvalue weighted by Crippen LogP contribution is -2.42. The highest BCUT2D eigenvalue weighted by molar-refractivity contribution is 6.07. The van der Waals surface area contributed by atoms with Crippen LogP contribution in [0.3, 0.4) is 0 Å². The third kappa shape index (κ3) is 2.31. The number of benzene rings is 1. The second-order valence-electron chi connectivity index (χ2n) is 6.22. The van der Waals surface area contributed by atoms with Crippen LogP contribution in [0.25, 0.3) is 0 Å². The van der Waals surface area contributed by atoms with Crippen LogP contribution in [0.15, 0.2) is 54.9 Å². The minimum atomic E-state index is -0.466. The number of carbonyl (C=O) groups is 2. The van der Waals surface area contributed by atoms with E-state index in [9.17, 15) is 9.59 Å². The van der Waals surface area contributed by atoms with Crippen molar-refractivity contribution in [2.75, 3.05) is 7.05 Å². The van der Waals surface area contributed by atoms with Crippen LogP contribution in [0, 0.1) is 5.92 Å². The lowest BCUT2D eigenvalue weighted by molar-refractivity contribution is -0.142. The molecule has 3 heterocycles. The predicted molar refractivity (Wildman–Crippen MR) is 87.2 cm³/mol. The van der Waals surface area contributed by atoms with Gasteiger partial charge >= 0.3 is 0 Å². The minimum absolute atomic E-state index is 0.125. The normalized spacial score (nSPS) is 26.9. The summed E-state index contributed by atoms with van der Waals surface area (Å²) >= 11 is 0. The molecule has 0 aliphatic carbocycles. The summed E-state index contributed by atoms with van der Waals surface area (Å²) in [5.41, 5.74) is 5.11. The van der Waals surface area contributed by atoms with Gasteiger partial charge in [-0.15, -0.1) is 0 Å². The summed E-state index contributed by atoms with van der Waals surface area (Å²) in [7, 11) is 1.81. The maximum absolute atomic E-state index is 12.9. The minimum Gasteiger partial charge on any atom is -0.276 e. The zero-order valence-electron chi connectivity index (χ0n) is 13.3. The number of hydrogen-bond acceptors (Lipinski definition) is 5. The van der Waals surface area contributed by atoms with Gasteiger partial charge in [0.1, 0.15) is 6.04 Å². The Morgan fingerprint density at radius 2 is 1.88 bits per heavy atom. The number of hydrazine groups is 1. The number of aromatic nitrogens is 1. The Hall–Kier alpha value is -2.57. The number of fused-ring (bicyclic) bond motifs is 1. The molecule has 1 aromatic heterocycles. The number of amides is 2. The third-order valence-electron chi connectivity index (χ3n) is 4.76. The van der Waals surface area contributed by atoms with Crippen LogP contribution in [0.4, 0.5) is 0 Å². The zero-order chi connectivity index (χ0) is 16.7. The van der Waals surface area contributed by atoms with Crippen LogP contribution in [0.2, 0.25) is 0 Å². The lowest BCUT2D eigenvalue weighted by Gasteiger charge is -2.22. The summed E-state index contributed by atoms with van der Waals surface area (Å²) in [6.45, 7) is 0.319. The highest BCUT2D eigenvalue weighted by Gasteiger charge is 2.57. The van der Waals surface area contributed by atoms with Crippen molar-refractivity contribution in [1.29, 1.82) is 0 Å². The molecule has 2 aromatic rings. The van der Waals surface area contributed by atoms with E-state index < -0.39 is 12.0 Å². The van der Waals surface area contributed by atoms with Gasteiger partial charge in [-0.3, -0.25) is 19.5 Å². The van der Waals surface area contributed by atoms with Gasteiger partial charge in [-0.1, -0.05) is 36.4 Å². The van der Waals surface area contributed by atoms with E-state index >= 15 is 0 Å². The van der Waals surface area contributed by atoms with E-state index in [0.717, 1.165) is 11.1 Å². The fourth-order valence-corrected chi connectivity index (χ4v) is 3.61. The molecular weight excluding hydrogens is 304 g/mol. The van der Waals surface area contributed by atoms with Crippen LogP contribution in [0.1, 0.15) is 17.2 Å². The van der Waals surface area contributed by atoms with Gasteiger partial charge in [0, 0.05) is 19.4 Å². The smallest absolute Gasteiger partial charge is 0.249 e. The monoisotopic (exact) mass is 322 g/mol. The Labute approximate surface area is 140 Å². The summed E-state index contributed by atoms with van der Waals surface area (Å²) in [5, 5.41) is 1.76. The molecule has 122 valence electrons. The summed E-state index contributed by atoms with van der Waals surface area (Å²) in [6, 6.07) is 12.7. The molecule has 0 saturated carbocycles. The molecule has 0 spiro atoms. The average molecular weight is 322 g/mol. The number of imide groups is 1. The first-order valence-electron chi connectivity index (χ1n) is 7.95. The van der Waals surface area contributed by atoms with E-state index in [0.29, 0.717) is 6.54 Å². The molecule has 1 N–H and O–H groups in total. The molecule has 2 aliphatic rings. The second-order valence-corrected chi connectivity index (χ2v) is 6.22. The number of nitrogens with one attached hydrogen (secondary N) is 1. The van der Waals surface area contributed by atoms with Crippen molar-refractivity contribution >= 4 is 11.8 Å². The van der Waals surface area contributed by atoms with E-state index in [2.05, 4.69) is 10.4 Å². The van der Waals surface area contributed by atoms with E-state index in [4.69, 9.17) is 0 Å². The number of hydrogen-bond donors (Lipinski definition) is 1. The fraction of sp³-hybridized carbons (Fsp3) is 0.278. The molecule has 2 amide bonds. The highest BCUT2D eigenvalue weighted by atomic mass is 16.2. The standard InChI is InChI=1S/C18H18N4O2/c1-21-16-14(15(20-21)13-8-5-9-19-10-13)17(23)22(18(16)24)11-12-6-3-2-4-7-12/h2-10,14-16,20H,11H2,1H3/t14-,15-,16+/m0/s1. The summed E-state index contributed by atoms with van der Waals surface area (Å²) in [5.74, 6) is -0.690. The first-order valence-corrected chi connectivity index (χ1v) is 7.95. The third-order valence-corrected chi connectivity index (χ3v) is 4.76. The number of rotatable bonds is 3. The van der Waals surface area contributed by atoms with E-state index in [1.807, 2.05) is 49.5 Å². The molecular formula is C18H18N4O2. The first-order chi connectivity index (χ1) is 11.7. The molecule has 0 unspecified atom stereocenters. The molecule has 0 bridgehead atoms. The van der Waals surface area contributed by atoms with Crippen molar-refractivity contribution in [3.05, 3.63) is 66.0 Å². The Morgan fingerprint density at radius 3 is 2.58 bits per heavy atom. The summed E-state index contributed by atoms with van der Waals surface area (Å²) in [6.07, 6.45) is 3.44. The van der Waals surface area contributed by atoms with Gasteiger partial charge in [-0.2, -0.15) is 0 Å². The van der Waals surface area contributed by atoms with Crippen molar-refractivity contribution in [3.8, 4) is 0 Å². The number of nitrogens with zero attached hydrogens (tertiary/aromatic N) is 3. The number of likely N-dealkylation sites (tertiary alicyclic amines) is 1. The highest BCUT2D eigenvalue weighted by Crippen LogP contribution is 2.39. The Kier molecular flexibility index (Phi) is 3.63. The molecule has 2 fully saturated rings. The van der Waals surface area contributed by atoms with E-state index in [1.54, 1.807) is 17.4 Å². The molecule has 2 saturated heterocycles. The maximum atomic E-state index is 12.9. The molecule has 3 atom stereocenters. The maximum Gasteiger partial charge on any atom is 0.249 e. The Bertz CT molecular complexity index is 765. The molecule has 6 nitrogen and oxygen atoms in total. The quantitative estimate of drug-likeness (QED) is 0.858. The molecule has 24 heavy (non-hydrogen) atoms. The average Bonchev–Trinajstić information content (AvgIpc) is 3.08. The summed E-state index contributed by atoms with van der Waals surface area (Å²) < 4.78 is 0. The lowest BCUT2D eigenvalue weighted by atomic mass is 9.92. The topological polar surface area (TPSA) is 65.5 Å². The van der Waals surface area contributed by atoms with Gasteiger partial charge in [-0.25, -0.2) is 10.4 Å². The molecule has 1 aromatic carbocycles. The SMILES string of the molecule is CN1N[C@@H](c2cccnc2)[C@@H]2C(=O)N(Cc3ccccc3)C(=O)[C@@H]21. The van der Waals surface area contributed by atoms with Crippen LogP contribution in [-0.4, -0.2) is 39.8 Å². The predicted octanol–water partition coefficient (Wildman–Crippen LogP) is 1.13. The Morgan fingerprint density at radius 1 is 1.08 bits per heavy atom. The van der Waals surface area contributed by atoms with Gasteiger partial charge in [0.15, 0.2) is 0 Å². The van der Waals surface area contributed by atoms with Crippen LogP contribution in [0.5, 0.6) is 0 Å². The van der Waals surface area contributed by atoms with Crippen molar-refractivity contribution in [1.82, 2.24) is 20.3 Å². The van der Waals surface area contributed by atoms with E-state index in [-0.39, 0.29) is 17.9 Å². The van der Waals surface area contributed by atoms with Crippen molar-refractivity contribution in [2.45, 2.75) is 18.6 Å². The van der Waals surface area contributed by atoms with Gasteiger partial charge in [-0.05, 0) is 17.2 Å². The van der Waals surface area contributed by atoms with Gasteiger partial charge in [0.2, 0.25) is 11.8 Å². The number of likely N-dealkylation sites (N-methyl/N-ethyl adjacent to an activating group) is 1. The van der Waals surface area contributed by atoms with Crippen molar-refractivity contribution < 1.29 is 9.59 Å². The molecule has 0 radical (unpaired) electrons. The van der Waals surface area contributed by atoms with E-state index in [1.165, 1.54) is 4.90 Å². The fourth-order valence-electron chi connectivity index (χ4n) is 3.61. The van der Waals surface area contributed by atoms with Crippen molar-refractivity contribution in [2.24, 2.45) is 5.92 Å². The van der Waals surface area contributed by atoms with Crippen LogP contribution < -0.4 is 5.43 Å². The molecule has 2 aliphatic heterocycles. The van der Waals surface area contributed by atoms with Crippen LogP contribution >= 0.6 is 0 Å². The van der Waals surface area contributed by atoms with Gasteiger partial charge < -0.3 is 0 Å². The number of pyridine rings is 1. The molecule has 6 heteroatoms. The largest absolute Gasteiger partial charge is 0.276 e. The van der Waals surface area contributed by atoms with Gasteiger partial charge in [0.05, 0.1) is 18.5 Å². The second kappa shape index (κ2) is 5.81. The van der Waals surface area contributed by atoms with Crippen LogP contribution in [-0.2, 0) is 16.1 Å². The first kappa shape index (κ1) is 15.0. The Balaban J connectivity index is 1.64. The molecule has 4 rings (SSSR count). The van der Waals surface area contributed by atoms with Gasteiger partial charge in [0.25, 0.3) is 0 Å².